The van der Waals surface area contributed by atoms with Gasteiger partial charge in [0, 0.05) is 30.8 Å². The zero-order valence-corrected chi connectivity index (χ0v) is 14.8. The van der Waals surface area contributed by atoms with Crippen molar-refractivity contribution in [1.82, 2.24) is 9.62 Å². The van der Waals surface area contributed by atoms with Gasteiger partial charge in [0.15, 0.2) is 0 Å². The lowest BCUT2D eigenvalue weighted by Crippen LogP contribution is -2.37. The Morgan fingerprint density at radius 2 is 2.05 bits per heavy atom. The summed E-state index contributed by atoms with van der Waals surface area (Å²) in [4.78, 5) is 11.9. The summed E-state index contributed by atoms with van der Waals surface area (Å²) < 4.78 is 26.9. The maximum atomic E-state index is 12.7. The monoisotopic (exact) mass is 343 g/mol. The Bertz CT molecular complexity index is 659. The molecule has 8 heteroatoms. The van der Waals surface area contributed by atoms with E-state index >= 15 is 0 Å². The fourth-order valence-electron chi connectivity index (χ4n) is 2.01. The number of amides is 1. The molecular formula is C14H21N3O3S2. The number of hydrogen-bond donors (Lipinski definition) is 1. The van der Waals surface area contributed by atoms with Gasteiger partial charge in [-0.25, -0.2) is 8.42 Å². The van der Waals surface area contributed by atoms with Crippen LogP contribution in [0.4, 0.5) is 0 Å². The average Bonchev–Trinajstić information content (AvgIpc) is 2.88. The zero-order valence-electron chi connectivity index (χ0n) is 13.2. The lowest BCUT2D eigenvalue weighted by molar-refractivity contribution is -0.119. The number of carbonyl (C=O) groups excluding carboxylic acids is 1. The maximum absolute atomic E-state index is 12.7. The molecule has 1 aromatic rings. The summed E-state index contributed by atoms with van der Waals surface area (Å²) in [5.41, 5.74) is 0. The highest BCUT2D eigenvalue weighted by molar-refractivity contribution is 7.91. The molecule has 1 heterocycles. The van der Waals surface area contributed by atoms with E-state index in [9.17, 15) is 13.2 Å². The molecule has 122 valence electrons. The molecule has 0 fully saturated rings. The topological polar surface area (TPSA) is 90.3 Å². The Kier molecular flexibility index (Phi) is 6.53. The van der Waals surface area contributed by atoms with Crippen LogP contribution in [0.25, 0.3) is 0 Å². The van der Waals surface area contributed by atoms with Gasteiger partial charge < -0.3 is 5.32 Å². The van der Waals surface area contributed by atoms with E-state index in [0.29, 0.717) is 0 Å². The number of nitriles is 1. The van der Waals surface area contributed by atoms with Crippen LogP contribution in [0.1, 0.15) is 45.0 Å². The van der Waals surface area contributed by atoms with Crippen molar-refractivity contribution in [2.75, 3.05) is 6.54 Å². The fourth-order valence-corrected chi connectivity index (χ4v) is 5.11. The first kappa shape index (κ1) is 18.6. The van der Waals surface area contributed by atoms with Crippen molar-refractivity contribution >= 4 is 27.3 Å². The molecule has 22 heavy (non-hydrogen) atoms. The third-order valence-electron chi connectivity index (χ3n) is 3.03. The molecule has 0 aromatic carbocycles. The first-order chi connectivity index (χ1) is 10.2. The molecule has 1 rings (SSSR count). The van der Waals surface area contributed by atoms with Crippen molar-refractivity contribution in [3.8, 4) is 6.07 Å². The Morgan fingerprint density at radius 1 is 1.41 bits per heavy atom. The van der Waals surface area contributed by atoms with Gasteiger partial charge in [0.2, 0.25) is 5.91 Å². The summed E-state index contributed by atoms with van der Waals surface area (Å²) >= 11 is 1.14. The third kappa shape index (κ3) is 4.53. The first-order valence-electron chi connectivity index (χ1n) is 6.95. The predicted octanol–water partition coefficient (Wildman–Crippen LogP) is 2.26. The molecule has 1 amide bonds. The molecule has 0 aliphatic carbocycles. The number of hydrogen-bond acceptors (Lipinski definition) is 5. The van der Waals surface area contributed by atoms with Crippen LogP contribution in [0, 0.1) is 11.3 Å². The number of carbonyl (C=O) groups is 1. The number of rotatable bonds is 7. The smallest absolute Gasteiger partial charge is 0.252 e. The van der Waals surface area contributed by atoms with Gasteiger partial charge in [-0.1, -0.05) is 0 Å². The van der Waals surface area contributed by atoms with Gasteiger partial charge in [0.25, 0.3) is 10.0 Å². The minimum absolute atomic E-state index is 0.151. The van der Waals surface area contributed by atoms with Crippen molar-refractivity contribution < 1.29 is 13.2 Å². The minimum atomic E-state index is -3.63. The second-order valence-electron chi connectivity index (χ2n) is 5.20. The Labute approximate surface area is 135 Å². The second kappa shape index (κ2) is 7.72. The molecule has 0 bridgehead atoms. The quantitative estimate of drug-likeness (QED) is 0.822. The molecule has 1 N–H and O–H groups in total. The summed E-state index contributed by atoms with van der Waals surface area (Å²) in [5, 5.41) is 11.4. The van der Waals surface area contributed by atoms with Crippen LogP contribution >= 0.6 is 11.3 Å². The maximum Gasteiger partial charge on any atom is 0.252 e. The van der Waals surface area contributed by atoms with Gasteiger partial charge in [-0.2, -0.15) is 9.57 Å². The van der Waals surface area contributed by atoms with Gasteiger partial charge in [0.1, 0.15) is 4.21 Å². The van der Waals surface area contributed by atoms with E-state index in [0.717, 1.165) is 16.2 Å². The van der Waals surface area contributed by atoms with E-state index in [1.807, 2.05) is 6.07 Å². The fraction of sp³-hybridized carbons (Fsp3) is 0.571. The molecule has 0 saturated heterocycles. The van der Waals surface area contributed by atoms with Crippen molar-refractivity contribution in [3.05, 3.63) is 17.0 Å². The number of sulfonamides is 1. The van der Waals surface area contributed by atoms with Crippen LogP contribution in [-0.2, 0) is 14.8 Å². The average molecular weight is 343 g/mol. The molecule has 0 aliphatic heterocycles. The van der Waals surface area contributed by atoms with Gasteiger partial charge in [0.05, 0.1) is 12.1 Å². The van der Waals surface area contributed by atoms with Crippen molar-refractivity contribution in [2.45, 2.75) is 50.4 Å². The summed E-state index contributed by atoms with van der Waals surface area (Å²) in [6.07, 6.45) is 0.151. The minimum Gasteiger partial charge on any atom is -0.349 e. The second-order valence-corrected chi connectivity index (χ2v) is 8.43. The van der Waals surface area contributed by atoms with Crippen LogP contribution in [-0.4, -0.2) is 31.2 Å². The third-order valence-corrected chi connectivity index (χ3v) is 6.84. The summed E-state index contributed by atoms with van der Waals surface area (Å²) in [5.74, 6) is -0.164. The van der Waals surface area contributed by atoms with E-state index in [4.69, 9.17) is 5.26 Å². The van der Waals surface area contributed by atoms with Gasteiger partial charge in [-0.15, -0.1) is 11.3 Å². The summed E-state index contributed by atoms with van der Waals surface area (Å²) in [6, 6.07) is 4.77. The molecule has 6 nitrogen and oxygen atoms in total. The van der Waals surface area contributed by atoms with E-state index in [1.54, 1.807) is 32.9 Å². The molecule has 1 atom stereocenters. The molecule has 0 radical (unpaired) electrons. The van der Waals surface area contributed by atoms with Crippen LogP contribution in [0.15, 0.2) is 16.3 Å². The number of nitrogens with one attached hydrogen (secondary N) is 1. The number of thiophene rings is 1. The van der Waals surface area contributed by atoms with Crippen LogP contribution in [0.5, 0.6) is 0 Å². The highest BCUT2D eigenvalue weighted by Gasteiger charge is 2.28. The SMILES string of the molecule is CC(=O)N[C@H](C)c1ccc(S(=O)(=O)N(CCC#N)C(C)C)s1. The predicted molar refractivity (Wildman–Crippen MR) is 85.8 cm³/mol. The molecule has 1 aromatic heterocycles. The highest BCUT2D eigenvalue weighted by atomic mass is 32.2. The van der Waals surface area contributed by atoms with Crippen LogP contribution in [0.2, 0.25) is 0 Å². The lowest BCUT2D eigenvalue weighted by atomic mass is 10.3. The van der Waals surface area contributed by atoms with Gasteiger partial charge in [-0.05, 0) is 32.9 Å². The van der Waals surface area contributed by atoms with E-state index in [-0.39, 0.29) is 35.2 Å². The lowest BCUT2D eigenvalue weighted by Gasteiger charge is -2.24. The van der Waals surface area contributed by atoms with Crippen molar-refractivity contribution in [1.29, 1.82) is 5.26 Å². The first-order valence-corrected chi connectivity index (χ1v) is 9.21. The van der Waals surface area contributed by atoms with Crippen molar-refractivity contribution in [2.24, 2.45) is 0 Å². The molecular weight excluding hydrogens is 322 g/mol. The van der Waals surface area contributed by atoms with Gasteiger partial charge in [-0.3, -0.25) is 4.79 Å². The summed E-state index contributed by atoms with van der Waals surface area (Å²) in [7, 11) is -3.63. The Balaban J connectivity index is 3.05. The molecule has 0 unspecified atom stereocenters. The van der Waals surface area contributed by atoms with E-state index in [1.165, 1.54) is 11.2 Å². The van der Waals surface area contributed by atoms with Crippen LogP contribution in [0.3, 0.4) is 0 Å². The Hall–Kier alpha value is -1.43. The standard InChI is InChI=1S/C14H21N3O3S2/c1-10(2)17(9-5-8-15)22(19,20)14-7-6-13(21-14)11(3)16-12(4)18/h6-7,10-11H,5,9H2,1-4H3,(H,16,18)/t11-/m1/s1. The van der Waals surface area contributed by atoms with E-state index < -0.39 is 10.0 Å². The normalized spacial score (nSPS) is 13.1. The summed E-state index contributed by atoms with van der Waals surface area (Å²) in [6.45, 7) is 6.96. The highest BCUT2D eigenvalue weighted by Crippen LogP contribution is 2.29. The molecule has 0 spiro atoms. The number of nitrogens with zero attached hydrogens (tertiary/aromatic N) is 2. The largest absolute Gasteiger partial charge is 0.349 e. The molecule has 0 saturated carbocycles. The zero-order chi connectivity index (χ0) is 16.9. The van der Waals surface area contributed by atoms with E-state index in [2.05, 4.69) is 5.32 Å². The molecule has 0 aliphatic rings. The van der Waals surface area contributed by atoms with Gasteiger partial charge >= 0.3 is 0 Å². The van der Waals surface area contributed by atoms with Crippen LogP contribution < -0.4 is 5.32 Å². The Morgan fingerprint density at radius 3 is 2.55 bits per heavy atom. The van der Waals surface area contributed by atoms with Crippen molar-refractivity contribution in [3.63, 3.8) is 0 Å².